The standard InChI is InChI=1S/C14H13Br2NOS/c1-3-17(10-6-4-5-9(2)7-10)14(18)11-8-12(15)19-13(11)16/h4-8H,3H2,1-2H3. The molecule has 0 aliphatic carbocycles. The van der Waals surface area contributed by atoms with Gasteiger partial charge in [0.25, 0.3) is 5.91 Å². The van der Waals surface area contributed by atoms with Gasteiger partial charge < -0.3 is 4.90 Å². The van der Waals surface area contributed by atoms with E-state index in [0.29, 0.717) is 12.1 Å². The topological polar surface area (TPSA) is 20.3 Å². The van der Waals surface area contributed by atoms with Crippen LogP contribution in [0.1, 0.15) is 22.8 Å². The summed E-state index contributed by atoms with van der Waals surface area (Å²) >= 11 is 8.36. The monoisotopic (exact) mass is 401 g/mol. The maximum atomic E-state index is 12.6. The Kier molecular flexibility index (Phi) is 4.81. The number of carbonyl (C=O) groups excluding carboxylic acids is 1. The number of benzene rings is 1. The second-order valence-electron chi connectivity index (χ2n) is 4.13. The third kappa shape index (κ3) is 3.27. The van der Waals surface area contributed by atoms with E-state index in [4.69, 9.17) is 0 Å². The molecule has 0 saturated heterocycles. The first kappa shape index (κ1) is 14.8. The first-order valence-electron chi connectivity index (χ1n) is 5.86. The number of halogens is 2. The van der Waals surface area contributed by atoms with E-state index < -0.39 is 0 Å². The van der Waals surface area contributed by atoms with E-state index in [2.05, 4.69) is 31.9 Å². The molecule has 0 N–H and O–H groups in total. The molecule has 0 atom stereocenters. The molecule has 1 aromatic heterocycles. The molecule has 0 radical (unpaired) electrons. The average molecular weight is 403 g/mol. The number of anilines is 1. The van der Waals surface area contributed by atoms with Crippen molar-refractivity contribution >= 4 is 54.8 Å². The molecule has 2 rings (SSSR count). The maximum Gasteiger partial charge on any atom is 0.260 e. The van der Waals surface area contributed by atoms with Gasteiger partial charge in [-0.15, -0.1) is 11.3 Å². The summed E-state index contributed by atoms with van der Waals surface area (Å²) in [6.45, 7) is 4.65. The number of hydrogen-bond acceptors (Lipinski definition) is 2. The lowest BCUT2D eigenvalue weighted by atomic mass is 10.2. The molecule has 2 nitrogen and oxygen atoms in total. The summed E-state index contributed by atoms with van der Waals surface area (Å²) in [6, 6.07) is 9.84. The van der Waals surface area contributed by atoms with Crippen LogP contribution in [0.15, 0.2) is 37.9 Å². The van der Waals surface area contributed by atoms with Crippen LogP contribution in [0, 0.1) is 6.92 Å². The van der Waals surface area contributed by atoms with Crippen LogP contribution in [-0.2, 0) is 0 Å². The number of thiophene rings is 1. The molecule has 0 spiro atoms. The van der Waals surface area contributed by atoms with E-state index >= 15 is 0 Å². The number of rotatable bonds is 3. The van der Waals surface area contributed by atoms with Crippen LogP contribution in [0.3, 0.4) is 0 Å². The Morgan fingerprint density at radius 1 is 1.32 bits per heavy atom. The van der Waals surface area contributed by atoms with Crippen molar-refractivity contribution in [3.63, 3.8) is 0 Å². The second-order valence-corrected chi connectivity index (χ2v) is 7.88. The summed E-state index contributed by atoms with van der Waals surface area (Å²) in [5.74, 6) is 0.0157. The van der Waals surface area contributed by atoms with Crippen LogP contribution in [0.25, 0.3) is 0 Å². The van der Waals surface area contributed by atoms with Gasteiger partial charge in [-0.3, -0.25) is 4.79 Å². The van der Waals surface area contributed by atoms with Crippen molar-refractivity contribution < 1.29 is 4.79 Å². The summed E-state index contributed by atoms with van der Waals surface area (Å²) < 4.78 is 1.80. The van der Waals surface area contributed by atoms with Gasteiger partial charge in [-0.05, 0) is 69.5 Å². The van der Waals surface area contributed by atoms with E-state index in [1.54, 1.807) is 4.90 Å². The minimum absolute atomic E-state index is 0.0157. The zero-order valence-electron chi connectivity index (χ0n) is 10.6. The second kappa shape index (κ2) is 6.20. The molecule has 2 aromatic rings. The van der Waals surface area contributed by atoms with E-state index in [1.807, 2.05) is 44.2 Å². The molecule has 0 bridgehead atoms. The highest BCUT2D eigenvalue weighted by Crippen LogP contribution is 2.33. The predicted octanol–water partition coefficient (Wildman–Crippen LogP) is 5.25. The Balaban J connectivity index is 2.37. The largest absolute Gasteiger partial charge is 0.309 e. The van der Waals surface area contributed by atoms with Gasteiger partial charge in [-0.25, -0.2) is 0 Å². The van der Waals surface area contributed by atoms with Crippen molar-refractivity contribution in [1.29, 1.82) is 0 Å². The Bertz CT molecular complexity index is 609. The summed E-state index contributed by atoms with van der Waals surface area (Å²) in [7, 11) is 0. The van der Waals surface area contributed by atoms with Crippen molar-refractivity contribution in [3.05, 3.63) is 49.0 Å². The summed E-state index contributed by atoms with van der Waals surface area (Å²) in [5, 5.41) is 0. The first-order chi connectivity index (χ1) is 9.02. The van der Waals surface area contributed by atoms with Crippen LogP contribution in [-0.4, -0.2) is 12.5 Å². The minimum atomic E-state index is 0.0157. The molecule has 0 saturated carbocycles. The molecular weight excluding hydrogens is 390 g/mol. The van der Waals surface area contributed by atoms with Crippen LogP contribution < -0.4 is 4.90 Å². The molecule has 0 unspecified atom stereocenters. The van der Waals surface area contributed by atoms with Crippen molar-refractivity contribution in [2.24, 2.45) is 0 Å². The predicted molar refractivity (Wildman–Crippen MR) is 88.2 cm³/mol. The molecular formula is C14H13Br2NOS. The molecule has 0 fully saturated rings. The number of aryl methyl sites for hydroxylation is 1. The fourth-order valence-corrected chi connectivity index (χ4v) is 4.65. The molecule has 100 valence electrons. The lowest BCUT2D eigenvalue weighted by Gasteiger charge is -2.21. The van der Waals surface area contributed by atoms with Crippen LogP contribution >= 0.6 is 43.2 Å². The van der Waals surface area contributed by atoms with Crippen molar-refractivity contribution in [1.82, 2.24) is 0 Å². The third-order valence-electron chi connectivity index (χ3n) is 2.76. The van der Waals surface area contributed by atoms with E-state index in [1.165, 1.54) is 11.3 Å². The Morgan fingerprint density at radius 3 is 2.58 bits per heavy atom. The van der Waals surface area contributed by atoms with Crippen molar-refractivity contribution in [2.45, 2.75) is 13.8 Å². The quantitative estimate of drug-likeness (QED) is 0.686. The fourth-order valence-electron chi connectivity index (χ4n) is 1.87. The number of amides is 1. The summed E-state index contributed by atoms with van der Waals surface area (Å²) in [6.07, 6.45) is 0. The third-order valence-corrected chi connectivity index (χ3v) is 5.10. The molecule has 19 heavy (non-hydrogen) atoms. The number of carbonyl (C=O) groups is 1. The van der Waals surface area contributed by atoms with Gasteiger partial charge in [-0.1, -0.05) is 12.1 Å². The highest BCUT2D eigenvalue weighted by molar-refractivity contribution is 9.12. The zero-order valence-corrected chi connectivity index (χ0v) is 14.6. The number of hydrogen-bond donors (Lipinski definition) is 0. The lowest BCUT2D eigenvalue weighted by molar-refractivity contribution is 0.0988. The van der Waals surface area contributed by atoms with Crippen molar-refractivity contribution in [2.75, 3.05) is 11.4 Å². The zero-order chi connectivity index (χ0) is 14.0. The van der Waals surface area contributed by atoms with Gasteiger partial charge >= 0.3 is 0 Å². The van der Waals surface area contributed by atoms with Gasteiger partial charge in [0, 0.05) is 12.2 Å². The minimum Gasteiger partial charge on any atom is -0.309 e. The lowest BCUT2D eigenvalue weighted by Crippen LogP contribution is -2.30. The fraction of sp³-hybridized carbons (Fsp3) is 0.214. The highest BCUT2D eigenvalue weighted by atomic mass is 79.9. The van der Waals surface area contributed by atoms with Gasteiger partial charge in [0.2, 0.25) is 0 Å². The summed E-state index contributed by atoms with van der Waals surface area (Å²) in [5.41, 5.74) is 2.77. The highest BCUT2D eigenvalue weighted by Gasteiger charge is 2.20. The Morgan fingerprint density at radius 2 is 2.05 bits per heavy atom. The maximum absolute atomic E-state index is 12.6. The molecule has 5 heteroatoms. The van der Waals surface area contributed by atoms with Gasteiger partial charge in [0.05, 0.1) is 13.1 Å². The van der Waals surface area contributed by atoms with Crippen molar-refractivity contribution in [3.8, 4) is 0 Å². The Labute approximate surface area is 133 Å². The van der Waals surface area contributed by atoms with E-state index in [-0.39, 0.29) is 5.91 Å². The number of nitrogens with zero attached hydrogens (tertiary/aromatic N) is 1. The SMILES string of the molecule is CCN(C(=O)c1cc(Br)sc1Br)c1cccc(C)c1. The van der Waals surface area contributed by atoms with Gasteiger partial charge in [0.1, 0.15) is 0 Å². The van der Waals surface area contributed by atoms with Gasteiger partial charge in [-0.2, -0.15) is 0 Å². The summed E-state index contributed by atoms with van der Waals surface area (Å²) in [4.78, 5) is 14.4. The van der Waals surface area contributed by atoms with Gasteiger partial charge in [0.15, 0.2) is 0 Å². The van der Waals surface area contributed by atoms with E-state index in [0.717, 1.165) is 18.8 Å². The molecule has 1 aromatic carbocycles. The molecule has 0 aliphatic rings. The van der Waals surface area contributed by atoms with E-state index in [9.17, 15) is 4.79 Å². The molecule has 1 heterocycles. The van der Waals surface area contributed by atoms with Crippen LogP contribution in [0.2, 0.25) is 0 Å². The normalized spacial score (nSPS) is 10.5. The average Bonchev–Trinajstić information content (AvgIpc) is 2.69. The first-order valence-corrected chi connectivity index (χ1v) is 8.26. The molecule has 0 aliphatic heterocycles. The Hall–Kier alpha value is -0.650. The molecule has 1 amide bonds. The smallest absolute Gasteiger partial charge is 0.260 e. The van der Waals surface area contributed by atoms with Crippen LogP contribution in [0.5, 0.6) is 0 Å². The van der Waals surface area contributed by atoms with Crippen LogP contribution in [0.4, 0.5) is 5.69 Å².